The normalized spacial score (nSPS) is 10.8. The minimum atomic E-state index is -0.272. The highest BCUT2D eigenvalue weighted by atomic mass is 79.9. The molecule has 0 bridgehead atoms. The highest BCUT2D eigenvalue weighted by Gasteiger charge is 2.08. The molecule has 0 aliphatic heterocycles. The lowest BCUT2D eigenvalue weighted by Crippen LogP contribution is -1.91. The molecule has 0 radical (unpaired) electrons. The lowest BCUT2D eigenvalue weighted by atomic mass is 10.1. The largest absolute Gasteiger partial charge is 0.222 e. The Hall–Kier alpha value is -1.81. The van der Waals surface area contributed by atoms with Crippen LogP contribution < -0.4 is 0 Å². The minimum absolute atomic E-state index is 0.272. The van der Waals surface area contributed by atoms with Crippen LogP contribution in [0.4, 0.5) is 4.39 Å². The van der Waals surface area contributed by atoms with Crippen LogP contribution in [-0.2, 0) is 0 Å². The highest BCUT2D eigenvalue weighted by molar-refractivity contribution is 9.10. The van der Waals surface area contributed by atoms with Crippen LogP contribution in [0.2, 0.25) is 0 Å². The molecule has 0 unspecified atom stereocenters. The maximum atomic E-state index is 13.3. The first-order valence-corrected chi connectivity index (χ1v) is 6.21. The summed E-state index contributed by atoms with van der Waals surface area (Å²) in [6, 6.07) is 14.1. The van der Waals surface area contributed by atoms with Crippen molar-refractivity contribution in [3.05, 3.63) is 59.1 Å². The number of hydrogen-bond donors (Lipinski definition) is 0. The monoisotopic (exact) mass is 302 g/mol. The number of nitrogens with zero attached hydrogens (tertiary/aromatic N) is 2. The highest BCUT2D eigenvalue weighted by Crippen LogP contribution is 2.27. The molecule has 0 amide bonds. The van der Waals surface area contributed by atoms with E-state index in [0.29, 0.717) is 4.73 Å². The third-order valence-electron chi connectivity index (χ3n) is 2.67. The van der Waals surface area contributed by atoms with E-state index in [1.165, 1.54) is 12.1 Å². The van der Waals surface area contributed by atoms with Crippen molar-refractivity contribution in [1.29, 1.82) is 0 Å². The second kappa shape index (κ2) is 4.46. The summed E-state index contributed by atoms with van der Waals surface area (Å²) in [5.74, 6) is -0.272. The van der Waals surface area contributed by atoms with Gasteiger partial charge in [-0.15, -0.1) is 0 Å². The van der Waals surface area contributed by atoms with Crippen molar-refractivity contribution in [2.75, 3.05) is 0 Å². The van der Waals surface area contributed by atoms with Gasteiger partial charge in [0.1, 0.15) is 5.82 Å². The predicted octanol–water partition coefficient (Wildman–Crippen LogP) is 4.20. The molecule has 18 heavy (non-hydrogen) atoms. The van der Waals surface area contributed by atoms with Gasteiger partial charge in [-0.1, -0.05) is 30.3 Å². The number of para-hydroxylation sites is 1. The van der Waals surface area contributed by atoms with Crippen LogP contribution in [0.15, 0.2) is 53.3 Å². The Kier molecular flexibility index (Phi) is 2.80. The molecule has 88 valence electrons. The van der Waals surface area contributed by atoms with Gasteiger partial charge in [0.15, 0.2) is 4.73 Å². The van der Waals surface area contributed by atoms with E-state index in [4.69, 9.17) is 0 Å². The molecule has 4 heteroatoms. The van der Waals surface area contributed by atoms with E-state index in [-0.39, 0.29) is 5.82 Å². The third-order valence-corrected chi connectivity index (χ3v) is 3.03. The predicted molar refractivity (Wildman–Crippen MR) is 72.6 cm³/mol. The Morgan fingerprint density at radius 1 is 0.944 bits per heavy atom. The summed E-state index contributed by atoms with van der Waals surface area (Å²) in [5, 5.41) is 0.909. The molecule has 1 aromatic heterocycles. The van der Waals surface area contributed by atoms with Crippen LogP contribution in [0.25, 0.3) is 22.2 Å². The van der Waals surface area contributed by atoms with Crippen LogP contribution in [0.3, 0.4) is 0 Å². The van der Waals surface area contributed by atoms with Crippen molar-refractivity contribution in [3.8, 4) is 11.3 Å². The van der Waals surface area contributed by atoms with E-state index >= 15 is 0 Å². The minimum Gasteiger partial charge on any atom is -0.222 e. The molecule has 0 saturated heterocycles. The van der Waals surface area contributed by atoms with Gasteiger partial charge >= 0.3 is 0 Å². The van der Waals surface area contributed by atoms with Crippen LogP contribution in [-0.4, -0.2) is 9.97 Å². The number of benzene rings is 2. The summed E-state index contributed by atoms with van der Waals surface area (Å²) in [4.78, 5) is 8.65. The van der Waals surface area contributed by atoms with Gasteiger partial charge in [0, 0.05) is 10.9 Å². The van der Waals surface area contributed by atoms with Crippen molar-refractivity contribution in [1.82, 2.24) is 9.97 Å². The van der Waals surface area contributed by atoms with E-state index in [1.807, 2.05) is 30.3 Å². The Morgan fingerprint density at radius 2 is 1.78 bits per heavy atom. The molecule has 3 aromatic rings. The lowest BCUT2D eigenvalue weighted by molar-refractivity contribution is 0.628. The van der Waals surface area contributed by atoms with Crippen molar-refractivity contribution in [2.24, 2.45) is 0 Å². The maximum absolute atomic E-state index is 13.3. The van der Waals surface area contributed by atoms with Crippen LogP contribution >= 0.6 is 15.9 Å². The number of halogens is 2. The Morgan fingerprint density at radius 3 is 2.61 bits per heavy atom. The zero-order chi connectivity index (χ0) is 12.5. The summed E-state index contributed by atoms with van der Waals surface area (Å²) >= 11 is 3.28. The van der Waals surface area contributed by atoms with E-state index in [9.17, 15) is 4.39 Å². The van der Waals surface area contributed by atoms with E-state index in [0.717, 1.165) is 22.2 Å². The molecule has 0 saturated carbocycles. The van der Waals surface area contributed by atoms with Gasteiger partial charge in [-0.3, -0.25) is 0 Å². The molecule has 0 N–H and O–H groups in total. The van der Waals surface area contributed by atoms with Crippen molar-refractivity contribution >= 4 is 26.8 Å². The lowest BCUT2D eigenvalue weighted by Gasteiger charge is -2.06. The van der Waals surface area contributed by atoms with Crippen molar-refractivity contribution in [3.63, 3.8) is 0 Å². The Labute approximate surface area is 112 Å². The summed E-state index contributed by atoms with van der Waals surface area (Å²) in [7, 11) is 0. The Balaban J connectivity index is 2.34. The topological polar surface area (TPSA) is 25.8 Å². The van der Waals surface area contributed by atoms with E-state index < -0.39 is 0 Å². The standard InChI is InChI=1S/C14H8BrFN2/c15-14-17-12-7-2-1-6-11(12)13(18-14)9-4-3-5-10(16)8-9/h1-8H. The molecular weight excluding hydrogens is 295 g/mol. The number of hydrogen-bond acceptors (Lipinski definition) is 2. The first-order valence-electron chi connectivity index (χ1n) is 5.42. The average Bonchev–Trinajstić information content (AvgIpc) is 2.37. The molecule has 0 aliphatic carbocycles. The van der Waals surface area contributed by atoms with Crippen molar-refractivity contribution < 1.29 is 4.39 Å². The smallest absolute Gasteiger partial charge is 0.197 e. The Bertz CT molecular complexity index is 728. The maximum Gasteiger partial charge on any atom is 0.197 e. The van der Waals surface area contributed by atoms with Gasteiger partial charge in [0.25, 0.3) is 0 Å². The van der Waals surface area contributed by atoms with Gasteiger partial charge < -0.3 is 0 Å². The van der Waals surface area contributed by atoms with Gasteiger partial charge in [-0.25, -0.2) is 14.4 Å². The quantitative estimate of drug-likeness (QED) is 0.630. The molecule has 0 spiro atoms. The van der Waals surface area contributed by atoms with E-state index in [1.54, 1.807) is 6.07 Å². The molecular formula is C14H8BrFN2. The van der Waals surface area contributed by atoms with Crippen LogP contribution in [0.5, 0.6) is 0 Å². The fraction of sp³-hybridized carbons (Fsp3) is 0. The first kappa shape index (κ1) is 11.3. The zero-order valence-corrected chi connectivity index (χ0v) is 10.9. The fourth-order valence-corrected chi connectivity index (χ4v) is 2.27. The summed E-state index contributed by atoms with van der Waals surface area (Å²) < 4.78 is 13.8. The molecule has 3 rings (SSSR count). The average molecular weight is 303 g/mol. The first-order chi connectivity index (χ1) is 8.74. The van der Waals surface area contributed by atoms with Gasteiger partial charge in [-0.05, 0) is 34.1 Å². The van der Waals surface area contributed by atoms with Gasteiger partial charge in [0.05, 0.1) is 11.2 Å². The second-order valence-electron chi connectivity index (χ2n) is 3.87. The third kappa shape index (κ3) is 1.99. The molecule has 0 aliphatic rings. The summed E-state index contributed by atoms with van der Waals surface area (Å²) in [5.41, 5.74) is 2.31. The molecule has 2 aromatic carbocycles. The fourth-order valence-electron chi connectivity index (χ4n) is 1.90. The zero-order valence-electron chi connectivity index (χ0n) is 9.27. The molecule has 2 nitrogen and oxygen atoms in total. The molecule has 1 heterocycles. The number of fused-ring (bicyclic) bond motifs is 1. The second-order valence-corrected chi connectivity index (χ2v) is 4.58. The van der Waals surface area contributed by atoms with Crippen LogP contribution in [0, 0.1) is 5.82 Å². The summed E-state index contributed by atoms with van der Waals surface area (Å²) in [6.07, 6.45) is 0. The number of aromatic nitrogens is 2. The molecule has 0 fully saturated rings. The van der Waals surface area contributed by atoms with Crippen LogP contribution in [0.1, 0.15) is 0 Å². The van der Waals surface area contributed by atoms with E-state index in [2.05, 4.69) is 25.9 Å². The summed E-state index contributed by atoms with van der Waals surface area (Å²) in [6.45, 7) is 0. The number of rotatable bonds is 1. The molecule has 0 atom stereocenters. The van der Waals surface area contributed by atoms with Gasteiger partial charge in [0.2, 0.25) is 0 Å². The van der Waals surface area contributed by atoms with Gasteiger partial charge in [-0.2, -0.15) is 0 Å². The SMILES string of the molecule is Fc1cccc(-c2nc(Br)nc3ccccc23)c1. The van der Waals surface area contributed by atoms with Crippen molar-refractivity contribution in [2.45, 2.75) is 0 Å².